The van der Waals surface area contributed by atoms with E-state index in [1.54, 1.807) is 6.20 Å². The Hall–Kier alpha value is -1.71. The lowest BCUT2D eigenvalue weighted by molar-refractivity contribution is 0.0518. The molecule has 0 bridgehead atoms. The molecule has 3 heteroatoms. The predicted molar refractivity (Wildman–Crippen MR) is 73.5 cm³/mol. The maximum Gasteiger partial charge on any atom is 0.0987 e. The van der Waals surface area contributed by atoms with E-state index >= 15 is 0 Å². The van der Waals surface area contributed by atoms with E-state index in [4.69, 9.17) is 4.74 Å². The molecular formula is C15H17NO2. The minimum absolute atomic E-state index is 0.360. The molecule has 0 saturated carbocycles. The van der Waals surface area contributed by atoms with Crippen molar-refractivity contribution < 1.29 is 9.84 Å². The Bertz CT molecular complexity index is 488. The predicted octanol–water partition coefficient (Wildman–Crippen LogP) is 2.44. The maximum absolute atomic E-state index is 9.86. The first-order chi connectivity index (χ1) is 8.74. The van der Waals surface area contributed by atoms with Crippen LogP contribution in [-0.4, -0.2) is 31.1 Å². The maximum atomic E-state index is 9.86. The van der Waals surface area contributed by atoms with Crippen molar-refractivity contribution in [3.63, 3.8) is 0 Å². The Morgan fingerprint density at radius 1 is 1.44 bits per heavy atom. The molecule has 0 fully saturated rings. The van der Waals surface area contributed by atoms with Gasteiger partial charge >= 0.3 is 0 Å². The monoisotopic (exact) mass is 243 g/mol. The van der Waals surface area contributed by atoms with Crippen molar-refractivity contribution in [3.05, 3.63) is 53.2 Å². The molecule has 0 spiro atoms. The van der Waals surface area contributed by atoms with Crippen LogP contribution in [0.3, 0.4) is 0 Å². The number of nitrogens with zero attached hydrogens (tertiary/aromatic N) is 1. The van der Waals surface area contributed by atoms with Crippen LogP contribution in [0.4, 0.5) is 0 Å². The molecule has 2 rings (SSSR count). The summed E-state index contributed by atoms with van der Waals surface area (Å²) in [6.07, 6.45) is 1.18. The largest absolute Gasteiger partial charge is 0.386 e. The van der Waals surface area contributed by atoms with Gasteiger partial charge < -0.3 is 9.84 Å². The van der Waals surface area contributed by atoms with Gasteiger partial charge in [-0.15, -0.1) is 0 Å². The van der Waals surface area contributed by atoms with Gasteiger partial charge in [-0.25, -0.2) is 0 Å². The number of ether oxygens (including phenoxy) is 1. The molecule has 1 heterocycles. The third-order valence-corrected chi connectivity index (χ3v) is 3.13. The second kappa shape index (κ2) is 5.76. The van der Waals surface area contributed by atoms with Gasteiger partial charge in [0.25, 0.3) is 0 Å². The third kappa shape index (κ3) is 2.58. The van der Waals surface area contributed by atoms with E-state index in [1.807, 2.05) is 37.3 Å². The van der Waals surface area contributed by atoms with E-state index in [0.29, 0.717) is 13.2 Å². The van der Waals surface area contributed by atoms with Crippen molar-refractivity contribution >= 4 is 12.3 Å². The van der Waals surface area contributed by atoms with Crippen LogP contribution in [0.25, 0.3) is 5.57 Å². The molecule has 1 aromatic carbocycles. The summed E-state index contributed by atoms with van der Waals surface area (Å²) in [5.41, 5.74) is 3.95. The quantitative estimate of drug-likeness (QED) is 0.828. The summed E-state index contributed by atoms with van der Waals surface area (Å²) in [6.45, 7) is 6.30. The van der Waals surface area contributed by atoms with Gasteiger partial charge in [-0.3, -0.25) is 4.99 Å². The highest BCUT2D eigenvalue weighted by Crippen LogP contribution is 2.29. The molecule has 0 radical (unpaired) electrons. The molecule has 3 nitrogen and oxygen atoms in total. The molecule has 1 aliphatic heterocycles. The van der Waals surface area contributed by atoms with E-state index in [1.165, 1.54) is 0 Å². The van der Waals surface area contributed by atoms with Gasteiger partial charge in [-0.2, -0.15) is 0 Å². The second-order valence-electron chi connectivity index (χ2n) is 4.28. The second-order valence-corrected chi connectivity index (χ2v) is 4.28. The van der Waals surface area contributed by atoms with Crippen LogP contribution in [0, 0.1) is 0 Å². The summed E-state index contributed by atoms with van der Waals surface area (Å²) in [5, 5.41) is 9.86. The molecule has 1 aromatic rings. The first-order valence-electron chi connectivity index (χ1n) is 5.91. The summed E-state index contributed by atoms with van der Waals surface area (Å²) in [4.78, 5) is 3.86. The van der Waals surface area contributed by atoms with E-state index in [-0.39, 0.29) is 0 Å². The van der Waals surface area contributed by atoms with Gasteiger partial charge in [0.1, 0.15) is 0 Å². The van der Waals surface area contributed by atoms with Crippen LogP contribution in [-0.2, 0) is 4.74 Å². The summed E-state index contributed by atoms with van der Waals surface area (Å²) in [6, 6.07) is 9.94. The van der Waals surface area contributed by atoms with E-state index in [0.717, 1.165) is 22.3 Å². The van der Waals surface area contributed by atoms with Gasteiger partial charge in [-0.1, -0.05) is 30.3 Å². The Balaban J connectivity index is 2.47. The van der Waals surface area contributed by atoms with Crippen molar-refractivity contribution in [2.24, 2.45) is 4.99 Å². The van der Waals surface area contributed by atoms with Crippen molar-refractivity contribution in [3.8, 4) is 0 Å². The summed E-state index contributed by atoms with van der Waals surface area (Å²) in [7, 11) is 0. The highest BCUT2D eigenvalue weighted by atomic mass is 16.5. The Morgan fingerprint density at radius 2 is 2.17 bits per heavy atom. The van der Waals surface area contributed by atoms with Crippen LogP contribution >= 0.6 is 0 Å². The van der Waals surface area contributed by atoms with Gasteiger partial charge in [0.15, 0.2) is 0 Å². The molecule has 1 N–H and O–H groups in total. The average molecular weight is 243 g/mol. The molecular weight excluding hydrogens is 226 g/mol. The standard InChI is InChI=1S/C15H17NO2/c1-11-14(9-18-10-15(11)17)13(8-16-2)12-6-4-3-5-7-12/h3-8,15,17H,2,9-10H2,1H3/b13-8-. The van der Waals surface area contributed by atoms with Crippen LogP contribution in [0.2, 0.25) is 0 Å². The fourth-order valence-electron chi connectivity index (χ4n) is 2.04. The molecule has 0 aliphatic carbocycles. The van der Waals surface area contributed by atoms with Crippen LogP contribution in [0.15, 0.2) is 52.7 Å². The molecule has 0 amide bonds. The molecule has 0 saturated heterocycles. The first-order valence-corrected chi connectivity index (χ1v) is 5.91. The minimum atomic E-state index is -0.536. The first kappa shape index (κ1) is 12.7. The third-order valence-electron chi connectivity index (χ3n) is 3.13. The number of aliphatic hydroxyl groups excluding tert-OH is 1. The average Bonchev–Trinajstić information content (AvgIpc) is 2.41. The van der Waals surface area contributed by atoms with Crippen LogP contribution in [0.5, 0.6) is 0 Å². The van der Waals surface area contributed by atoms with Crippen molar-refractivity contribution in [2.75, 3.05) is 13.2 Å². The Kier molecular flexibility index (Phi) is 4.07. The summed E-state index contributed by atoms with van der Waals surface area (Å²) < 4.78 is 5.40. The molecule has 1 aliphatic rings. The number of aliphatic imine (C=N–C) groups is 1. The molecule has 18 heavy (non-hydrogen) atoms. The van der Waals surface area contributed by atoms with E-state index in [9.17, 15) is 5.11 Å². The fourth-order valence-corrected chi connectivity index (χ4v) is 2.04. The van der Waals surface area contributed by atoms with E-state index < -0.39 is 6.10 Å². The number of benzene rings is 1. The zero-order valence-corrected chi connectivity index (χ0v) is 10.5. The molecule has 94 valence electrons. The van der Waals surface area contributed by atoms with Gasteiger partial charge in [0, 0.05) is 11.8 Å². The van der Waals surface area contributed by atoms with Crippen LogP contribution in [0.1, 0.15) is 12.5 Å². The number of aliphatic hydroxyl groups is 1. The fraction of sp³-hybridized carbons (Fsp3) is 0.267. The lowest BCUT2D eigenvalue weighted by Crippen LogP contribution is -2.25. The van der Waals surface area contributed by atoms with Crippen molar-refractivity contribution in [2.45, 2.75) is 13.0 Å². The van der Waals surface area contributed by atoms with Crippen LogP contribution < -0.4 is 0 Å². The van der Waals surface area contributed by atoms with Gasteiger partial charge in [0.05, 0.1) is 19.3 Å². The van der Waals surface area contributed by atoms with E-state index in [2.05, 4.69) is 11.7 Å². The number of hydrogen-bond acceptors (Lipinski definition) is 3. The number of hydrogen-bond donors (Lipinski definition) is 1. The minimum Gasteiger partial charge on any atom is -0.386 e. The highest BCUT2D eigenvalue weighted by Gasteiger charge is 2.21. The molecule has 1 unspecified atom stereocenters. The SMILES string of the molecule is C=N/C=C(\C1=C(C)C(O)COC1)c1ccccc1. The Morgan fingerprint density at radius 3 is 2.83 bits per heavy atom. The normalized spacial score (nSPS) is 21.0. The summed E-state index contributed by atoms with van der Waals surface area (Å²) >= 11 is 0. The molecule has 1 atom stereocenters. The van der Waals surface area contributed by atoms with Crippen molar-refractivity contribution in [1.82, 2.24) is 0 Å². The lowest BCUT2D eigenvalue weighted by atomic mass is 9.92. The highest BCUT2D eigenvalue weighted by molar-refractivity contribution is 5.80. The topological polar surface area (TPSA) is 41.8 Å². The lowest BCUT2D eigenvalue weighted by Gasteiger charge is -2.24. The smallest absolute Gasteiger partial charge is 0.0987 e. The Labute approximate surface area is 107 Å². The number of rotatable bonds is 3. The molecule has 0 aromatic heterocycles. The zero-order valence-electron chi connectivity index (χ0n) is 10.5. The van der Waals surface area contributed by atoms with Gasteiger partial charge in [0.2, 0.25) is 0 Å². The summed E-state index contributed by atoms with van der Waals surface area (Å²) in [5.74, 6) is 0. The van der Waals surface area contributed by atoms with Crippen molar-refractivity contribution in [1.29, 1.82) is 0 Å². The van der Waals surface area contributed by atoms with Gasteiger partial charge in [-0.05, 0) is 30.4 Å². The zero-order chi connectivity index (χ0) is 13.0.